The molecule has 6 heteroatoms. The molecular weight excluding hydrogens is 370 g/mol. The molecule has 1 N–H and O–H groups in total. The fourth-order valence-corrected chi connectivity index (χ4v) is 3.90. The molecule has 0 fully saturated rings. The topological polar surface area (TPSA) is 64.0 Å². The van der Waals surface area contributed by atoms with Gasteiger partial charge in [0.05, 0.1) is 28.4 Å². The normalized spacial score (nSPS) is 11.8. The van der Waals surface area contributed by atoms with Crippen LogP contribution < -0.4 is 10.9 Å². The lowest BCUT2D eigenvalue weighted by molar-refractivity contribution is -0.120. The van der Waals surface area contributed by atoms with Gasteiger partial charge in [0.1, 0.15) is 0 Å². The highest BCUT2D eigenvalue weighted by atomic mass is 32.2. The minimum absolute atomic E-state index is 0.156. The Labute approximate surface area is 168 Å². The van der Waals surface area contributed by atoms with Gasteiger partial charge in [-0.25, -0.2) is 4.98 Å². The van der Waals surface area contributed by atoms with E-state index >= 15 is 0 Å². The van der Waals surface area contributed by atoms with Gasteiger partial charge in [0.2, 0.25) is 5.91 Å². The van der Waals surface area contributed by atoms with Crippen molar-refractivity contribution in [2.45, 2.75) is 31.2 Å². The Morgan fingerprint density at radius 1 is 1.29 bits per heavy atom. The first-order chi connectivity index (χ1) is 13.4. The van der Waals surface area contributed by atoms with Crippen LogP contribution in [0, 0.1) is 26.2 Å². The van der Waals surface area contributed by atoms with Gasteiger partial charge in [-0.05, 0) is 44.5 Å². The predicted octanol–water partition coefficient (Wildman–Crippen LogP) is 3.23. The third kappa shape index (κ3) is 3.95. The number of terminal acetylenes is 1. The fraction of sp³-hybridized carbons (Fsp3) is 0.227. The van der Waals surface area contributed by atoms with Crippen molar-refractivity contribution in [2.75, 3.05) is 6.54 Å². The number of para-hydroxylation sites is 1. The summed E-state index contributed by atoms with van der Waals surface area (Å²) in [5.74, 6) is 2.19. The van der Waals surface area contributed by atoms with Gasteiger partial charge in [-0.15, -0.1) is 6.42 Å². The van der Waals surface area contributed by atoms with Gasteiger partial charge in [0.25, 0.3) is 5.56 Å². The first-order valence-electron chi connectivity index (χ1n) is 8.89. The molecule has 0 saturated heterocycles. The summed E-state index contributed by atoms with van der Waals surface area (Å²) in [4.78, 5) is 30.2. The molecule has 3 rings (SSSR count). The molecule has 1 atom stereocenters. The first kappa shape index (κ1) is 19.7. The van der Waals surface area contributed by atoms with Crippen molar-refractivity contribution >= 4 is 28.6 Å². The average molecular weight is 391 g/mol. The highest BCUT2D eigenvalue weighted by molar-refractivity contribution is 8.00. The van der Waals surface area contributed by atoms with E-state index in [4.69, 9.17) is 6.42 Å². The lowest BCUT2D eigenvalue weighted by Gasteiger charge is -2.17. The maximum Gasteiger partial charge on any atom is 0.266 e. The van der Waals surface area contributed by atoms with Crippen LogP contribution in [0.4, 0.5) is 0 Å². The number of hydrogen-bond donors (Lipinski definition) is 1. The van der Waals surface area contributed by atoms with Gasteiger partial charge in [0, 0.05) is 0 Å². The van der Waals surface area contributed by atoms with Crippen LogP contribution in [0.1, 0.15) is 18.1 Å². The zero-order chi connectivity index (χ0) is 20.3. The van der Waals surface area contributed by atoms with Gasteiger partial charge in [-0.1, -0.05) is 47.5 Å². The van der Waals surface area contributed by atoms with Gasteiger partial charge in [-0.3, -0.25) is 14.2 Å². The molecule has 0 radical (unpaired) electrons. The van der Waals surface area contributed by atoms with E-state index in [-0.39, 0.29) is 18.0 Å². The van der Waals surface area contributed by atoms with Gasteiger partial charge in [-0.2, -0.15) is 0 Å². The van der Waals surface area contributed by atoms with Crippen LogP contribution in [-0.4, -0.2) is 27.3 Å². The number of carbonyl (C=O) groups is 1. The lowest BCUT2D eigenvalue weighted by Crippen LogP contribution is -2.32. The largest absolute Gasteiger partial charge is 0.344 e. The molecule has 0 aliphatic carbocycles. The van der Waals surface area contributed by atoms with Gasteiger partial charge in [0.15, 0.2) is 5.16 Å². The fourth-order valence-electron chi connectivity index (χ4n) is 2.95. The van der Waals surface area contributed by atoms with E-state index in [1.165, 1.54) is 11.8 Å². The second-order valence-electron chi connectivity index (χ2n) is 6.52. The first-order valence-corrected chi connectivity index (χ1v) is 9.77. The Balaban J connectivity index is 2.16. The van der Waals surface area contributed by atoms with Crippen molar-refractivity contribution in [2.24, 2.45) is 0 Å². The minimum atomic E-state index is -0.460. The smallest absolute Gasteiger partial charge is 0.266 e. The van der Waals surface area contributed by atoms with Crippen LogP contribution in [0.5, 0.6) is 0 Å². The maximum absolute atomic E-state index is 13.3. The maximum atomic E-state index is 13.3. The van der Waals surface area contributed by atoms with Crippen LogP contribution in [0.2, 0.25) is 0 Å². The van der Waals surface area contributed by atoms with Crippen LogP contribution >= 0.6 is 11.8 Å². The summed E-state index contributed by atoms with van der Waals surface area (Å²) in [6, 6.07) is 13.1. The van der Waals surface area contributed by atoms with E-state index in [9.17, 15) is 9.59 Å². The molecule has 28 heavy (non-hydrogen) atoms. The lowest BCUT2D eigenvalue weighted by atomic mass is 10.1. The minimum Gasteiger partial charge on any atom is -0.344 e. The van der Waals surface area contributed by atoms with Gasteiger partial charge >= 0.3 is 0 Å². The summed E-state index contributed by atoms with van der Waals surface area (Å²) in [5, 5.41) is 3.22. The molecule has 1 unspecified atom stereocenters. The quantitative estimate of drug-likeness (QED) is 0.412. The zero-order valence-electron chi connectivity index (χ0n) is 16.0. The Bertz CT molecular complexity index is 1140. The second-order valence-corrected chi connectivity index (χ2v) is 7.83. The molecule has 0 bridgehead atoms. The molecule has 1 amide bonds. The summed E-state index contributed by atoms with van der Waals surface area (Å²) in [6.07, 6.45) is 5.21. The number of aryl methyl sites for hydroxylation is 2. The summed E-state index contributed by atoms with van der Waals surface area (Å²) in [5.41, 5.74) is 3.28. The number of rotatable bonds is 5. The highest BCUT2D eigenvalue weighted by Gasteiger charge is 2.20. The van der Waals surface area contributed by atoms with Crippen molar-refractivity contribution in [3.8, 4) is 18.0 Å². The Morgan fingerprint density at radius 2 is 2.04 bits per heavy atom. The van der Waals surface area contributed by atoms with E-state index < -0.39 is 5.25 Å². The van der Waals surface area contributed by atoms with E-state index in [0.717, 1.165) is 16.8 Å². The van der Waals surface area contributed by atoms with Crippen molar-refractivity contribution in [1.82, 2.24) is 14.9 Å². The molecule has 3 aromatic rings. The number of thioether (sulfide) groups is 1. The standard InChI is InChI=1S/C22H21N3O2S/c1-5-12-23-20(26)16(4)28-22-24-18-9-7-6-8-17(18)21(27)25(22)19-11-10-14(2)13-15(19)3/h1,6-11,13,16H,12H2,2-4H3,(H,23,26). The number of nitrogens with zero attached hydrogens (tertiary/aromatic N) is 2. The van der Waals surface area contributed by atoms with E-state index in [2.05, 4.69) is 16.2 Å². The molecule has 0 spiro atoms. The van der Waals surface area contributed by atoms with Gasteiger partial charge < -0.3 is 5.32 Å². The van der Waals surface area contributed by atoms with Crippen molar-refractivity contribution in [3.63, 3.8) is 0 Å². The average Bonchev–Trinajstić information content (AvgIpc) is 2.67. The van der Waals surface area contributed by atoms with E-state index in [0.29, 0.717) is 16.1 Å². The van der Waals surface area contributed by atoms with Crippen molar-refractivity contribution in [3.05, 3.63) is 63.9 Å². The number of hydrogen-bond acceptors (Lipinski definition) is 4. The molecule has 142 valence electrons. The second kappa shape index (κ2) is 8.32. The third-order valence-electron chi connectivity index (χ3n) is 4.35. The SMILES string of the molecule is C#CCNC(=O)C(C)Sc1nc2ccccc2c(=O)n1-c1ccc(C)cc1C. The van der Waals surface area contributed by atoms with Crippen molar-refractivity contribution in [1.29, 1.82) is 0 Å². The molecule has 0 aliphatic rings. The monoisotopic (exact) mass is 391 g/mol. The van der Waals surface area contributed by atoms with E-state index in [1.54, 1.807) is 23.6 Å². The Morgan fingerprint density at radius 3 is 2.75 bits per heavy atom. The van der Waals surface area contributed by atoms with Crippen LogP contribution in [0.15, 0.2) is 52.4 Å². The zero-order valence-corrected chi connectivity index (χ0v) is 16.8. The van der Waals surface area contributed by atoms with E-state index in [1.807, 2.05) is 44.2 Å². The summed E-state index contributed by atoms with van der Waals surface area (Å²) >= 11 is 1.24. The highest BCUT2D eigenvalue weighted by Crippen LogP contribution is 2.26. The summed E-state index contributed by atoms with van der Waals surface area (Å²) < 4.78 is 1.59. The van der Waals surface area contributed by atoms with Crippen molar-refractivity contribution < 1.29 is 4.79 Å². The summed E-state index contributed by atoms with van der Waals surface area (Å²) in [6.45, 7) is 5.90. The molecule has 2 aromatic carbocycles. The molecule has 0 aliphatic heterocycles. The molecular formula is C22H21N3O2S. The number of aromatic nitrogens is 2. The number of benzene rings is 2. The molecule has 0 saturated carbocycles. The van der Waals surface area contributed by atoms with Crippen LogP contribution in [-0.2, 0) is 4.79 Å². The number of amides is 1. The third-order valence-corrected chi connectivity index (χ3v) is 5.41. The molecule has 1 heterocycles. The van der Waals surface area contributed by atoms with Crippen LogP contribution in [0.3, 0.4) is 0 Å². The van der Waals surface area contributed by atoms with Crippen LogP contribution in [0.25, 0.3) is 16.6 Å². The Hall–Kier alpha value is -3.04. The number of nitrogens with one attached hydrogen (secondary N) is 1. The number of carbonyl (C=O) groups excluding carboxylic acids is 1. The Kier molecular flexibility index (Phi) is 5.86. The molecule has 1 aromatic heterocycles. The number of fused-ring (bicyclic) bond motifs is 1. The summed E-state index contributed by atoms with van der Waals surface area (Å²) in [7, 11) is 0. The molecule has 5 nitrogen and oxygen atoms in total. The predicted molar refractivity (Wildman–Crippen MR) is 114 cm³/mol.